The van der Waals surface area contributed by atoms with Gasteiger partial charge in [-0.2, -0.15) is 0 Å². The van der Waals surface area contributed by atoms with Crippen LogP contribution < -0.4 is 5.32 Å². The molecule has 1 amide bonds. The molecular weight excluding hydrogens is 212 g/mol. The van der Waals surface area contributed by atoms with Crippen molar-refractivity contribution >= 4 is 5.91 Å². The molecule has 17 heavy (non-hydrogen) atoms. The molecule has 3 heteroatoms. The molecule has 0 bridgehead atoms. The molecule has 1 saturated carbocycles. The SMILES string of the molecule is CC(C)CC(=O)N(CC1CCCCN1)C1CC1. The predicted molar refractivity (Wildman–Crippen MR) is 69.8 cm³/mol. The van der Waals surface area contributed by atoms with E-state index in [9.17, 15) is 4.79 Å². The molecule has 98 valence electrons. The molecule has 1 N–H and O–H groups in total. The lowest BCUT2D eigenvalue weighted by Gasteiger charge is -2.31. The van der Waals surface area contributed by atoms with Crippen molar-refractivity contribution in [1.29, 1.82) is 0 Å². The van der Waals surface area contributed by atoms with Crippen molar-refractivity contribution in [2.24, 2.45) is 5.92 Å². The Kier molecular flexibility index (Phi) is 4.43. The van der Waals surface area contributed by atoms with Gasteiger partial charge in [0.2, 0.25) is 5.91 Å². The highest BCUT2D eigenvalue weighted by Crippen LogP contribution is 2.28. The monoisotopic (exact) mass is 238 g/mol. The quantitative estimate of drug-likeness (QED) is 0.796. The second kappa shape index (κ2) is 5.85. The number of hydrogen-bond acceptors (Lipinski definition) is 2. The molecule has 0 spiro atoms. The summed E-state index contributed by atoms with van der Waals surface area (Å²) in [5, 5.41) is 3.55. The summed E-state index contributed by atoms with van der Waals surface area (Å²) in [5.41, 5.74) is 0. The van der Waals surface area contributed by atoms with E-state index in [1.807, 2.05) is 0 Å². The summed E-state index contributed by atoms with van der Waals surface area (Å²) in [7, 11) is 0. The van der Waals surface area contributed by atoms with Crippen molar-refractivity contribution in [3.05, 3.63) is 0 Å². The fraction of sp³-hybridized carbons (Fsp3) is 0.929. The Hall–Kier alpha value is -0.570. The molecule has 1 saturated heterocycles. The van der Waals surface area contributed by atoms with Crippen molar-refractivity contribution in [2.75, 3.05) is 13.1 Å². The van der Waals surface area contributed by atoms with Gasteiger partial charge >= 0.3 is 0 Å². The van der Waals surface area contributed by atoms with Gasteiger partial charge in [0.25, 0.3) is 0 Å². The average molecular weight is 238 g/mol. The first-order chi connectivity index (χ1) is 8.16. The van der Waals surface area contributed by atoms with Gasteiger partial charge in [-0.3, -0.25) is 4.79 Å². The maximum atomic E-state index is 12.2. The fourth-order valence-electron chi connectivity index (χ4n) is 2.62. The van der Waals surface area contributed by atoms with Crippen molar-refractivity contribution < 1.29 is 4.79 Å². The van der Waals surface area contributed by atoms with E-state index >= 15 is 0 Å². The van der Waals surface area contributed by atoms with E-state index in [0.29, 0.717) is 30.3 Å². The lowest BCUT2D eigenvalue weighted by molar-refractivity contribution is -0.133. The van der Waals surface area contributed by atoms with Crippen molar-refractivity contribution in [3.8, 4) is 0 Å². The number of carbonyl (C=O) groups is 1. The van der Waals surface area contributed by atoms with Crippen molar-refractivity contribution in [1.82, 2.24) is 10.2 Å². The second-order valence-electron chi connectivity index (χ2n) is 6.02. The third-order valence-corrected chi connectivity index (χ3v) is 3.72. The highest BCUT2D eigenvalue weighted by atomic mass is 16.2. The summed E-state index contributed by atoms with van der Waals surface area (Å²) in [4.78, 5) is 14.4. The molecule has 0 radical (unpaired) electrons. The summed E-state index contributed by atoms with van der Waals surface area (Å²) in [5.74, 6) is 0.845. The number of amides is 1. The van der Waals surface area contributed by atoms with E-state index in [-0.39, 0.29) is 0 Å². The Bertz CT molecular complexity index is 255. The number of nitrogens with zero attached hydrogens (tertiary/aromatic N) is 1. The Morgan fingerprint density at radius 1 is 1.29 bits per heavy atom. The molecule has 1 aliphatic carbocycles. The van der Waals surface area contributed by atoms with Crippen LogP contribution in [0, 0.1) is 5.92 Å². The smallest absolute Gasteiger partial charge is 0.223 e. The maximum Gasteiger partial charge on any atom is 0.223 e. The van der Waals surface area contributed by atoms with E-state index < -0.39 is 0 Å². The fourth-order valence-corrected chi connectivity index (χ4v) is 2.62. The number of carbonyl (C=O) groups excluding carboxylic acids is 1. The maximum absolute atomic E-state index is 12.2. The highest BCUT2D eigenvalue weighted by Gasteiger charge is 2.34. The van der Waals surface area contributed by atoms with Crippen molar-refractivity contribution in [3.63, 3.8) is 0 Å². The molecule has 2 fully saturated rings. The third-order valence-electron chi connectivity index (χ3n) is 3.72. The molecule has 1 heterocycles. The largest absolute Gasteiger partial charge is 0.338 e. The van der Waals surface area contributed by atoms with Crippen LogP contribution >= 0.6 is 0 Å². The van der Waals surface area contributed by atoms with Crippen LogP contribution in [0.25, 0.3) is 0 Å². The van der Waals surface area contributed by atoms with Crippen LogP contribution in [0.3, 0.4) is 0 Å². The Morgan fingerprint density at radius 2 is 2.06 bits per heavy atom. The zero-order valence-corrected chi connectivity index (χ0v) is 11.2. The van der Waals surface area contributed by atoms with E-state index in [4.69, 9.17) is 0 Å². The molecule has 0 aromatic carbocycles. The minimum Gasteiger partial charge on any atom is -0.338 e. The van der Waals surface area contributed by atoms with Crippen LogP contribution in [-0.2, 0) is 4.79 Å². The molecule has 2 aliphatic rings. The van der Waals surface area contributed by atoms with Gasteiger partial charge in [0.15, 0.2) is 0 Å². The van der Waals surface area contributed by atoms with Crippen LogP contribution in [0.4, 0.5) is 0 Å². The summed E-state index contributed by atoms with van der Waals surface area (Å²) in [6.07, 6.45) is 6.99. The predicted octanol–water partition coefficient (Wildman–Crippen LogP) is 2.17. The molecular formula is C14H26N2O. The number of piperidine rings is 1. The van der Waals surface area contributed by atoms with Gasteiger partial charge in [-0.05, 0) is 38.1 Å². The van der Waals surface area contributed by atoms with Gasteiger partial charge < -0.3 is 10.2 Å². The van der Waals surface area contributed by atoms with Gasteiger partial charge in [-0.15, -0.1) is 0 Å². The van der Waals surface area contributed by atoms with Crippen LogP contribution in [0.5, 0.6) is 0 Å². The van der Waals surface area contributed by atoms with Crippen LogP contribution in [0.15, 0.2) is 0 Å². The van der Waals surface area contributed by atoms with Gasteiger partial charge in [0.05, 0.1) is 0 Å². The third kappa shape index (κ3) is 3.98. The Labute approximate surface area is 105 Å². The normalized spacial score (nSPS) is 25.0. The molecule has 2 rings (SSSR count). The minimum atomic E-state index is 0.370. The van der Waals surface area contributed by atoms with E-state index in [2.05, 4.69) is 24.1 Å². The molecule has 1 atom stereocenters. The minimum absolute atomic E-state index is 0.370. The summed E-state index contributed by atoms with van der Waals surface area (Å²) in [6, 6.07) is 1.10. The lowest BCUT2D eigenvalue weighted by atomic mass is 10.0. The molecule has 1 unspecified atom stereocenters. The van der Waals surface area contributed by atoms with E-state index in [1.54, 1.807) is 0 Å². The van der Waals surface area contributed by atoms with Crippen LogP contribution in [0.2, 0.25) is 0 Å². The number of nitrogens with one attached hydrogen (secondary N) is 1. The standard InChI is InChI=1S/C14H26N2O/c1-11(2)9-14(17)16(13-6-7-13)10-12-5-3-4-8-15-12/h11-13,15H,3-10H2,1-2H3. The first-order valence-electron chi connectivity index (χ1n) is 7.19. The van der Waals surface area contributed by atoms with Crippen LogP contribution in [-0.4, -0.2) is 36.0 Å². The highest BCUT2D eigenvalue weighted by molar-refractivity contribution is 5.77. The average Bonchev–Trinajstić information content (AvgIpc) is 3.10. The Morgan fingerprint density at radius 3 is 2.59 bits per heavy atom. The van der Waals surface area contributed by atoms with Gasteiger partial charge in [0.1, 0.15) is 0 Å². The first-order valence-corrected chi connectivity index (χ1v) is 7.19. The van der Waals surface area contributed by atoms with Gasteiger partial charge in [0, 0.05) is 25.0 Å². The van der Waals surface area contributed by atoms with Crippen molar-refractivity contribution in [2.45, 2.75) is 64.5 Å². The topological polar surface area (TPSA) is 32.3 Å². The first kappa shape index (κ1) is 12.9. The number of rotatable bonds is 5. The lowest BCUT2D eigenvalue weighted by Crippen LogP contribution is -2.46. The van der Waals surface area contributed by atoms with E-state index in [1.165, 1.54) is 32.1 Å². The van der Waals surface area contributed by atoms with Gasteiger partial charge in [-0.1, -0.05) is 20.3 Å². The zero-order valence-electron chi connectivity index (χ0n) is 11.2. The Balaban J connectivity index is 1.85. The zero-order chi connectivity index (χ0) is 12.3. The van der Waals surface area contributed by atoms with Crippen LogP contribution in [0.1, 0.15) is 52.4 Å². The summed E-state index contributed by atoms with van der Waals surface area (Å²) in [6.45, 7) is 6.32. The summed E-state index contributed by atoms with van der Waals surface area (Å²) >= 11 is 0. The van der Waals surface area contributed by atoms with Gasteiger partial charge in [-0.25, -0.2) is 0 Å². The molecule has 0 aromatic rings. The number of hydrogen-bond donors (Lipinski definition) is 1. The second-order valence-corrected chi connectivity index (χ2v) is 6.02. The molecule has 3 nitrogen and oxygen atoms in total. The molecule has 0 aromatic heterocycles. The van der Waals surface area contributed by atoms with E-state index in [0.717, 1.165) is 13.1 Å². The molecule has 1 aliphatic heterocycles. The summed E-state index contributed by atoms with van der Waals surface area (Å²) < 4.78 is 0.